The molecule has 0 atom stereocenters. The van der Waals surface area contributed by atoms with Crippen LogP contribution in [0.2, 0.25) is 0 Å². The molecule has 1 amide bonds. The third-order valence-electron chi connectivity index (χ3n) is 7.11. The molecule has 0 unspecified atom stereocenters. The number of amidine groups is 1. The van der Waals surface area contributed by atoms with E-state index in [1.807, 2.05) is 38.2 Å². The first-order valence-electron chi connectivity index (χ1n) is 11.7. The van der Waals surface area contributed by atoms with E-state index in [9.17, 15) is 4.79 Å². The molecule has 6 rings (SSSR count). The number of rotatable bonds is 0. The van der Waals surface area contributed by atoms with Gasteiger partial charge in [0.1, 0.15) is 5.60 Å². The van der Waals surface area contributed by atoms with Crippen molar-refractivity contribution in [2.45, 2.75) is 70.2 Å². The number of nitrogens with zero attached hydrogens (tertiary/aromatic N) is 3. The van der Waals surface area contributed by atoms with Crippen LogP contribution in [0.5, 0.6) is 0 Å². The Morgan fingerprint density at radius 1 is 0.938 bits per heavy atom. The largest absolute Gasteiger partial charge is 0.447 e. The van der Waals surface area contributed by atoms with Crippen molar-refractivity contribution < 1.29 is 14.3 Å². The van der Waals surface area contributed by atoms with Crippen LogP contribution in [0.1, 0.15) is 62.9 Å². The topological polar surface area (TPSA) is 64.0 Å². The molecule has 2 aromatic rings. The molecule has 1 aromatic heterocycles. The Morgan fingerprint density at radius 3 is 2.25 bits per heavy atom. The minimum atomic E-state index is -0.851. The van der Waals surface area contributed by atoms with Gasteiger partial charge in [-0.1, -0.05) is 44.2 Å². The Morgan fingerprint density at radius 2 is 1.59 bits per heavy atom. The van der Waals surface area contributed by atoms with Gasteiger partial charge in [0.05, 0.1) is 11.3 Å². The zero-order valence-electron chi connectivity index (χ0n) is 19.4. The van der Waals surface area contributed by atoms with Crippen LogP contribution in [0, 0.1) is 0 Å². The lowest BCUT2D eigenvalue weighted by atomic mass is 9.84. The molecule has 1 fully saturated rings. The van der Waals surface area contributed by atoms with Gasteiger partial charge in [-0.2, -0.15) is 4.99 Å². The number of benzene rings is 1. The van der Waals surface area contributed by atoms with Gasteiger partial charge in [-0.3, -0.25) is 9.78 Å². The maximum Gasteiger partial charge on any atom is 0.296 e. The van der Waals surface area contributed by atoms with E-state index in [1.54, 1.807) is 0 Å². The summed E-state index contributed by atoms with van der Waals surface area (Å²) in [7, 11) is 0. The van der Waals surface area contributed by atoms with Crippen molar-refractivity contribution in [2.24, 2.45) is 4.99 Å². The summed E-state index contributed by atoms with van der Waals surface area (Å²) in [5.74, 6) is -0.151. The number of fused-ring (bicyclic) bond motifs is 3. The third kappa shape index (κ3) is 3.07. The van der Waals surface area contributed by atoms with E-state index >= 15 is 0 Å². The van der Waals surface area contributed by atoms with Gasteiger partial charge in [-0.15, -0.1) is 0 Å². The second-order valence-electron chi connectivity index (χ2n) is 9.41. The van der Waals surface area contributed by atoms with E-state index in [0.717, 1.165) is 31.6 Å². The lowest BCUT2D eigenvalue weighted by molar-refractivity contribution is -0.148. The molecule has 32 heavy (non-hydrogen) atoms. The highest BCUT2D eigenvalue weighted by Crippen LogP contribution is 2.51. The Labute approximate surface area is 189 Å². The van der Waals surface area contributed by atoms with Gasteiger partial charge in [-0.05, 0) is 43.9 Å². The van der Waals surface area contributed by atoms with Crippen LogP contribution >= 0.6 is 0 Å². The van der Waals surface area contributed by atoms with Gasteiger partial charge in [0.15, 0.2) is 0 Å². The summed E-state index contributed by atoms with van der Waals surface area (Å²) < 4.78 is 12.9. The zero-order chi connectivity index (χ0) is 22.6. The monoisotopic (exact) mass is 433 g/mol. The maximum absolute atomic E-state index is 12.8. The first-order chi connectivity index (χ1) is 15.4. The predicted octanol–water partition coefficient (Wildman–Crippen LogP) is 4.11. The van der Waals surface area contributed by atoms with Crippen molar-refractivity contribution in [3.05, 3.63) is 65.0 Å². The minimum Gasteiger partial charge on any atom is -0.447 e. The first-order valence-corrected chi connectivity index (χ1v) is 11.7. The number of hydrogen-bond donors (Lipinski definition) is 0. The molecule has 6 heteroatoms. The number of carbonyl (C=O) groups excluding carboxylic acids is 1. The van der Waals surface area contributed by atoms with Crippen LogP contribution in [0.25, 0.3) is 0 Å². The van der Waals surface area contributed by atoms with Gasteiger partial charge in [0.25, 0.3) is 11.9 Å². The van der Waals surface area contributed by atoms with Gasteiger partial charge in [0.2, 0.25) is 5.60 Å². The highest BCUT2D eigenvalue weighted by atomic mass is 16.5. The number of aliphatic imine (C=N–C) groups is 1. The fourth-order valence-electron chi connectivity index (χ4n) is 5.64. The lowest BCUT2D eigenvalue weighted by Crippen LogP contribution is -2.47. The molecular weight excluding hydrogens is 402 g/mol. The number of piperidine rings is 1. The fourth-order valence-corrected chi connectivity index (χ4v) is 5.64. The molecule has 1 aromatic carbocycles. The summed E-state index contributed by atoms with van der Waals surface area (Å²) in [6.45, 7) is 9.65. The second-order valence-corrected chi connectivity index (χ2v) is 9.41. The maximum atomic E-state index is 12.8. The molecule has 0 bridgehead atoms. The molecule has 4 heterocycles. The number of carbonyl (C=O) groups is 1. The highest BCUT2D eigenvalue weighted by Gasteiger charge is 2.54. The Hall–Kier alpha value is -2.73. The van der Waals surface area contributed by atoms with Crippen molar-refractivity contribution in [1.82, 2.24) is 9.88 Å². The third-order valence-corrected chi connectivity index (χ3v) is 7.11. The Balaban J connectivity index is 0.00000105. The van der Waals surface area contributed by atoms with E-state index in [4.69, 9.17) is 9.47 Å². The van der Waals surface area contributed by atoms with Crippen LogP contribution in [0.4, 0.5) is 0 Å². The van der Waals surface area contributed by atoms with Crippen molar-refractivity contribution in [1.29, 1.82) is 0 Å². The SMILES string of the molecule is CC.CC1(C)OC2(CCN(C3=NC(=O)C4(Cc5ccccc5C4)O3)CC2)c2cccnc21. The second kappa shape index (κ2) is 7.41. The lowest BCUT2D eigenvalue weighted by Gasteiger charge is -2.41. The average molecular weight is 434 g/mol. The number of amides is 1. The van der Waals surface area contributed by atoms with E-state index in [2.05, 4.69) is 46.9 Å². The number of ether oxygens (including phenoxy) is 2. The zero-order valence-corrected chi connectivity index (χ0v) is 19.4. The Kier molecular flexibility index (Phi) is 4.89. The summed E-state index contributed by atoms with van der Waals surface area (Å²) in [6.07, 6.45) is 4.67. The Bertz CT molecular complexity index is 1060. The summed E-state index contributed by atoms with van der Waals surface area (Å²) in [5, 5.41) is 0. The quantitative estimate of drug-likeness (QED) is 0.626. The molecule has 6 nitrogen and oxygen atoms in total. The van der Waals surface area contributed by atoms with E-state index < -0.39 is 11.2 Å². The summed E-state index contributed by atoms with van der Waals surface area (Å²) >= 11 is 0. The molecule has 0 radical (unpaired) electrons. The predicted molar refractivity (Wildman–Crippen MR) is 122 cm³/mol. The standard InChI is InChI=1S/C24H25N3O3.C2H6/c1-22(2)19-18(8-5-11-25-19)23(30-22)9-12-27(13-10-23)21-26-20(28)24(29-21)14-16-6-3-4-7-17(16)15-24;1-2/h3-8,11H,9-10,12-15H2,1-2H3;1-2H3. The molecule has 1 aliphatic carbocycles. The number of likely N-dealkylation sites (tertiary alicyclic amines) is 1. The molecule has 168 valence electrons. The van der Waals surface area contributed by atoms with Crippen molar-refractivity contribution in [2.75, 3.05) is 13.1 Å². The minimum absolute atomic E-state index is 0.151. The number of aromatic nitrogens is 1. The fraction of sp³-hybridized carbons (Fsp3) is 0.500. The summed E-state index contributed by atoms with van der Waals surface area (Å²) in [6, 6.07) is 12.8. The molecule has 4 aliphatic rings. The molecule has 1 saturated heterocycles. The van der Waals surface area contributed by atoms with Crippen LogP contribution in [-0.2, 0) is 38.3 Å². The average Bonchev–Trinajstić information content (AvgIpc) is 3.41. The molecule has 0 N–H and O–H groups in total. The summed E-state index contributed by atoms with van der Waals surface area (Å²) in [5.41, 5.74) is 3.03. The number of hydrogen-bond acceptors (Lipinski definition) is 5. The summed E-state index contributed by atoms with van der Waals surface area (Å²) in [4.78, 5) is 23.9. The van der Waals surface area contributed by atoms with Crippen LogP contribution in [-0.4, -0.2) is 40.5 Å². The first kappa shape index (κ1) is 21.1. The van der Waals surface area contributed by atoms with Gasteiger partial charge >= 0.3 is 0 Å². The van der Waals surface area contributed by atoms with Crippen LogP contribution < -0.4 is 0 Å². The van der Waals surface area contributed by atoms with E-state index in [-0.39, 0.29) is 11.5 Å². The number of pyridine rings is 1. The van der Waals surface area contributed by atoms with Crippen molar-refractivity contribution in [3.63, 3.8) is 0 Å². The normalized spacial score (nSPS) is 23.3. The van der Waals surface area contributed by atoms with Gasteiger partial charge in [-0.25, -0.2) is 0 Å². The van der Waals surface area contributed by atoms with Gasteiger partial charge in [0, 0.05) is 37.7 Å². The molecular formula is C26H31N3O3. The molecule has 3 aliphatic heterocycles. The van der Waals surface area contributed by atoms with E-state index in [1.165, 1.54) is 16.7 Å². The van der Waals surface area contributed by atoms with Gasteiger partial charge < -0.3 is 14.4 Å². The van der Waals surface area contributed by atoms with Crippen LogP contribution in [0.3, 0.4) is 0 Å². The van der Waals surface area contributed by atoms with Crippen molar-refractivity contribution in [3.8, 4) is 0 Å². The van der Waals surface area contributed by atoms with Crippen molar-refractivity contribution >= 4 is 11.9 Å². The molecule has 0 saturated carbocycles. The van der Waals surface area contributed by atoms with Crippen LogP contribution in [0.15, 0.2) is 47.6 Å². The smallest absolute Gasteiger partial charge is 0.296 e. The molecule has 2 spiro atoms. The highest BCUT2D eigenvalue weighted by molar-refractivity contribution is 6.02. The van der Waals surface area contributed by atoms with E-state index in [0.29, 0.717) is 18.9 Å².